The van der Waals surface area contributed by atoms with Crippen molar-refractivity contribution in [3.8, 4) is 17.6 Å². The molecule has 94 valence electrons. The third-order valence-corrected chi connectivity index (χ3v) is 3.72. The summed E-state index contributed by atoms with van der Waals surface area (Å²) >= 11 is 0. The Morgan fingerprint density at radius 2 is 2.00 bits per heavy atom. The maximum Gasteiger partial charge on any atom is 0.231 e. The van der Waals surface area contributed by atoms with Crippen LogP contribution in [0.5, 0.6) is 11.5 Å². The molecule has 0 atom stereocenters. The van der Waals surface area contributed by atoms with Crippen molar-refractivity contribution in [1.29, 1.82) is 5.26 Å². The molecule has 0 amide bonds. The van der Waals surface area contributed by atoms with Crippen molar-refractivity contribution in [3.63, 3.8) is 0 Å². The molecule has 1 aromatic carbocycles. The average molecular weight is 244 g/mol. The lowest BCUT2D eigenvalue weighted by molar-refractivity contribution is 0.174. The zero-order valence-electron chi connectivity index (χ0n) is 10.3. The molecule has 0 bridgehead atoms. The summed E-state index contributed by atoms with van der Waals surface area (Å²) in [6.45, 7) is 2.36. The van der Waals surface area contributed by atoms with Gasteiger partial charge in [-0.15, -0.1) is 0 Å². The van der Waals surface area contributed by atoms with Crippen LogP contribution in [-0.4, -0.2) is 19.9 Å². The van der Waals surface area contributed by atoms with E-state index in [-0.39, 0.29) is 0 Å². The Hall–Kier alpha value is -1.89. The third-order valence-electron chi connectivity index (χ3n) is 3.72. The largest absolute Gasteiger partial charge is 0.454 e. The molecule has 2 aliphatic rings. The molecule has 0 aromatic heterocycles. The zero-order chi connectivity index (χ0) is 12.4. The predicted molar refractivity (Wildman–Crippen MR) is 67.7 cm³/mol. The highest BCUT2D eigenvalue weighted by Gasteiger charge is 2.21. The van der Waals surface area contributed by atoms with Crippen molar-refractivity contribution >= 4 is 5.69 Å². The van der Waals surface area contributed by atoms with Gasteiger partial charge in [0.15, 0.2) is 11.5 Å². The molecular weight excluding hydrogens is 228 g/mol. The van der Waals surface area contributed by atoms with E-state index >= 15 is 0 Å². The van der Waals surface area contributed by atoms with Gasteiger partial charge in [-0.05, 0) is 30.9 Å². The van der Waals surface area contributed by atoms with Crippen LogP contribution in [0.3, 0.4) is 0 Å². The van der Waals surface area contributed by atoms with E-state index in [4.69, 9.17) is 14.7 Å². The van der Waals surface area contributed by atoms with Gasteiger partial charge in [-0.3, -0.25) is 0 Å². The Balaban J connectivity index is 1.68. The van der Waals surface area contributed by atoms with Gasteiger partial charge in [0, 0.05) is 31.3 Å². The van der Waals surface area contributed by atoms with Crippen LogP contribution >= 0.6 is 0 Å². The SMILES string of the molecule is N#CCC1CCN(c2ccc3c(c2)OCO3)CC1. The van der Waals surface area contributed by atoms with Crippen LogP contribution in [0, 0.1) is 17.2 Å². The summed E-state index contributed by atoms with van der Waals surface area (Å²) in [5, 5.41) is 8.71. The Kier molecular flexibility index (Phi) is 2.97. The van der Waals surface area contributed by atoms with E-state index in [1.54, 1.807) is 0 Å². The molecule has 0 saturated carbocycles. The van der Waals surface area contributed by atoms with Gasteiger partial charge in [-0.2, -0.15) is 5.26 Å². The molecule has 0 N–H and O–H groups in total. The van der Waals surface area contributed by atoms with Crippen LogP contribution in [0.15, 0.2) is 18.2 Å². The lowest BCUT2D eigenvalue weighted by Crippen LogP contribution is -2.33. The van der Waals surface area contributed by atoms with Gasteiger partial charge < -0.3 is 14.4 Å². The number of nitrogens with zero attached hydrogens (tertiary/aromatic N) is 2. The highest BCUT2D eigenvalue weighted by atomic mass is 16.7. The standard InChI is InChI=1S/C14H16N2O2/c15-6-3-11-4-7-16(8-5-11)12-1-2-13-14(9-12)18-10-17-13/h1-2,9,11H,3-5,7-8,10H2. The summed E-state index contributed by atoms with van der Waals surface area (Å²) in [6, 6.07) is 8.37. The van der Waals surface area contributed by atoms with Crippen molar-refractivity contribution in [2.24, 2.45) is 5.92 Å². The molecule has 18 heavy (non-hydrogen) atoms. The molecular formula is C14H16N2O2. The van der Waals surface area contributed by atoms with E-state index in [1.165, 1.54) is 5.69 Å². The minimum absolute atomic E-state index is 0.322. The minimum atomic E-state index is 0.322. The van der Waals surface area contributed by atoms with Gasteiger partial charge in [-0.25, -0.2) is 0 Å². The van der Waals surface area contributed by atoms with Gasteiger partial charge >= 0.3 is 0 Å². The molecule has 0 unspecified atom stereocenters. The summed E-state index contributed by atoms with van der Waals surface area (Å²) in [5.74, 6) is 2.24. The van der Waals surface area contributed by atoms with E-state index in [0.29, 0.717) is 19.1 Å². The molecule has 0 radical (unpaired) electrons. The maximum atomic E-state index is 8.71. The van der Waals surface area contributed by atoms with Crippen LogP contribution in [0.1, 0.15) is 19.3 Å². The first-order chi connectivity index (χ1) is 8.86. The van der Waals surface area contributed by atoms with Crippen molar-refractivity contribution in [2.45, 2.75) is 19.3 Å². The molecule has 3 rings (SSSR count). The highest BCUT2D eigenvalue weighted by Crippen LogP contribution is 2.36. The Morgan fingerprint density at radius 1 is 1.22 bits per heavy atom. The fourth-order valence-electron chi connectivity index (χ4n) is 2.61. The van der Waals surface area contributed by atoms with Gasteiger partial charge in [-0.1, -0.05) is 0 Å². The first-order valence-corrected chi connectivity index (χ1v) is 6.38. The number of piperidine rings is 1. The summed E-state index contributed by atoms with van der Waals surface area (Å²) < 4.78 is 10.7. The highest BCUT2D eigenvalue weighted by molar-refractivity contribution is 5.57. The molecule has 1 fully saturated rings. The van der Waals surface area contributed by atoms with E-state index in [9.17, 15) is 0 Å². The van der Waals surface area contributed by atoms with Gasteiger partial charge in [0.1, 0.15) is 0 Å². The van der Waals surface area contributed by atoms with Crippen molar-refractivity contribution in [2.75, 3.05) is 24.8 Å². The number of fused-ring (bicyclic) bond motifs is 1. The molecule has 0 spiro atoms. The van der Waals surface area contributed by atoms with E-state index in [0.717, 1.165) is 37.4 Å². The molecule has 4 heteroatoms. The van der Waals surface area contributed by atoms with Crippen LogP contribution in [0.4, 0.5) is 5.69 Å². The van der Waals surface area contributed by atoms with Crippen LogP contribution in [-0.2, 0) is 0 Å². The first kappa shape index (κ1) is 11.2. The molecule has 4 nitrogen and oxygen atoms in total. The van der Waals surface area contributed by atoms with E-state index in [1.807, 2.05) is 12.1 Å². The monoisotopic (exact) mass is 244 g/mol. The molecule has 2 heterocycles. The average Bonchev–Trinajstić information content (AvgIpc) is 2.87. The number of hydrogen-bond acceptors (Lipinski definition) is 4. The summed E-state index contributed by atoms with van der Waals surface area (Å²) in [6.07, 6.45) is 2.89. The molecule has 1 saturated heterocycles. The second-order valence-electron chi connectivity index (χ2n) is 4.83. The number of anilines is 1. The Morgan fingerprint density at radius 3 is 2.78 bits per heavy atom. The van der Waals surface area contributed by atoms with Crippen molar-refractivity contribution < 1.29 is 9.47 Å². The number of ether oxygens (including phenoxy) is 2. The normalized spacial score (nSPS) is 18.7. The van der Waals surface area contributed by atoms with Crippen LogP contribution in [0.2, 0.25) is 0 Å². The first-order valence-electron chi connectivity index (χ1n) is 6.38. The fourth-order valence-corrected chi connectivity index (χ4v) is 2.61. The fraction of sp³-hybridized carbons (Fsp3) is 0.500. The lowest BCUT2D eigenvalue weighted by Gasteiger charge is -2.32. The summed E-state index contributed by atoms with van der Waals surface area (Å²) in [7, 11) is 0. The quantitative estimate of drug-likeness (QED) is 0.802. The predicted octanol–water partition coefficient (Wildman–Crippen LogP) is 2.55. The number of hydrogen-bond donors (Lipinski definition) is 0. The van der Waals surface area contributed by atoms with Crippen LogP contribution < -0.4 is 14.4 Å². The van der Waals surface area contributed by atoms with E-state index in [2.05, 4.69) is 17.0 Å². The zero-order valence-corrected chi connectivity index (χ0v) is 10.3. The minimum Gasteiger partial charge on any atom is -0.454 e. The lowest BCUT2D eigenvalue weighted by atomic mass is 9.94. The Labute approximate surface area is 107 Å². The second-order valence-corrected chi connectivity index (χ2v) is 4.83. The Bertz CT molecular complexity index is 473. The van der Waals surface area contributed by atoms with Gasteiger partial charge in [0.05, 0.1) is 6.07 Å². The molecule has 2 aliphatic heterocycles. The topological polar surface area (TPSA) is 45.5 Å². The van der Waals surface area contributed by atoms with E-state index < -0.39 is 0 Å². The van der Waals surface area contributed by atoms with Gasteiger partial charge in [0.25, 0.3) is 0 Å². The molecule has 0 aliphatic carbocycles. The number of rotatable bonds is 2. The maximum absolute atomic E-state index is 8.71. The number of nitriles is 1. The smallest absolute Gasteiger partial charge is 0.231 e. The number of benzene rings is 1. The summed E-state index contributed by atoms with van der Waals surface area (Å²) in [4.78, 5) is 2.36. The third kappa shape index (κ3) is 2.08. The molecule has 1 aromatic rings. The van der Waals surface area contributed by atoms with Crippen molar-refractivity contribution in [1.82, 2.24) is 0 Å². The van der Waals surface area contributed by atoms with Crippen molar-refractivity contribution in [3.05, 3.63) is 18.2 Å². The van der Waals surface area contributed by atoms with Crippen LogP contribution in [0.25, 0.3) is 0 Å². The van der Waals surface area contributed by atoms with Gasteiger partial charge in [0.2, 0.25) is 6.79 Å². The second kappa shape index (κ2) is 4.77. The summed E-state index contributed by atoms with van der Waals surface area (Å²) in [5.41, 5.74) is 1.19.